The second-order valence-corrected chi connectivity index (χ2v) is 4.96. The number of methoxy groups -OCH3 is 1. The first kappa shape index (κ1) is 14.8. The predicted molar refractivity (Wildman–Crippen MR) is 68.7 cm³/mol. The highest BCUT2D eigenvalue weighted by molar-refractivity contribution is 6.32. The molecule has 1 aromatic carbocycles. The molecular formula is C13H17ClO4. The lowest BCUT2D eigenvalue weighted by Crippen LogP contribution is -2.32. The number of hydrogen-bond acceptors (Lipinski definition) is 4. The molecular weight excluding hydrogens is 256 g/mol. The van der Waals surface area contributed by atoms with Gasteiger partial charge < -0.3 is 14.6 Å². The van der Waals surface area contributed by atoms with Gasteiger partial charge in [-0.15, -0.1) is 0 Å². The van der Waals surface area contributed by atoms with Gasteiger partial charge in [-0.3, -0.25) is 4.79 Å². The molecule has 0 spiro atoms. The number of rotatable bonds is 5. The van der Waals surface area contributed by atoms with Crippen molar-refractivity contribution in [1.29, 1.82) is 0 Å². The number of aliphatic hydroxyl groups excluding tert-OH is 1. The summed E-state index contributed by atoms with van der Waals surface area (Å²) in [5.41, 5.74) is -0.191. The van der Waals surface area contributed by atoms with E-state index < -0.39 is 5.41 Å². The molecule has 0 atom stereocenters. The fourth-order valence-corrected chi connectivity index (χ4v) is 1.68. The van der Waals surface area contributed by atoms with Crippen LogP contribution in [0.5, 0.6) is 5.75 Å². The summed E-state index contributed by atoms with van der Waals surface area (Å²) in [7, 11) is 1.33. The zero-order valence-corrected chi connectivity index (χ0v) is 11.5. The highest BCUT2D eigenvalue weighted by Gasteiger charge is 2.30. The Morgan fingerprint density at radius 1 is 1.44 bits per heavy atom. The van der Waals surface area contributed by atoms with E-state index in [9.17, 15) is 9.90 Å². The average molecular weight is 273 g/mol. The minimum Gasteiger partial charge on any atom is -0.490 e. The van der Waals surface area contributed by atoms with E-state index in [0.717, 1.165) is 0 Å². The van der Waals surface area contributed by atoms with Gasteiger partial charge in [0.2, 0.25) is 0 Å². The Bertz CT molecular complexity index is 429. The molecule has 0 unspecified atom stereocenters. The average Bonchev–Trinajstić information content (AvgIpc) is 2.35. The molecule has 5 heteroatoms. The van der Waals surface area contributed by atoms with Crippen molar-refractivity contribution in [2.24, 2.45) is 5.41 Å². The topological polar surface area (TPSA) is 55.8 Å². The number of carbonyl (C=O) groups excluding carboxylic acids is 1. The third-order valence-electron chi connectivity index (χ3n) is 2.53. The largest absolute Gasteiger partial charge is 0.490 e. The predicted octanol–water partition coefficient (Wildman–Crippen LogP) is 2.41. The number of benzene rings is 1. The van der Waals surface area contributed by atoms with Crippen LogP contribution in [0.15, 0.2) is 18.2 Å². The van der Waals surface area contributed by atoms with Gasteiger partial charge >= 0.3 is 5.97 Å². The SMILES string of the molecule is COC(=O)C(C)(C)COc1c(Cl)cccc1CO. The molecule has 4 nitrogen and oxygen atoms in total. The van der Waals surface area contributed by atoms with E-state index in [2.05, 4.69) is 4.74 Å². The van der Waals surface area contributed by atoms with Gasteiger partial charge in [-0.1, -0.05) is 23.7 Å². The van der Waals surface area contributed by atoms with Crippen LogP contribution in [0.1, 0.15) is 19.4 Å². The molecule has 0 saturated heterocycles. The second kappa shape index (κ2) is 6.07. The molecule has 18 heavy (non-hydrogen) atoms. The summed E-state index contributed by atoms with van der Waals surface area (Å²) in [6.07, 6.45) is 0. The van der Waals surface area contributed by atoms with Gasteiger partial charge in [-0.25, -0.2) is 0 Å². The summed E-state index contributed by atoms with van der Waals surface area (Å²) in [5.74, 6) is 0.0405. The minimum absolute atomic E-state index is 0.121. The number of aliphatic hydroxyl groups is 1. The Kier molecular flexibility index (Phi) is 4.99. The van der Waals surface area contributed by atoms with Crippen LogP contribution in [-0.4, -0.2) is 24.8 Å². The van der Waals surface area contributed by atoms with E-state index in [1.807, 2.05) is 0 Å². The third kappa shape index (κ3) is 3.37. The summed E-state index contributed by atoms with van der Waals surface area (Å²) in [6, 6.07) is 5.11. The molecule has 0 heterocycles. The Labute approximate surface area is 111 Å². The molecule has 0 aliphatic rings. The van der Waals surface area contributed by atoms with Gasteiger partial charge in [-0.05, 0) is 19.9 Å². The number of halogens is 1. The lowest BCUT2D eigenvalue weighted by atomic mass is 9.95. The van der Waals surface area contributed by atoms with Gasteiger partial charge in [0.25, 0.3) is 0 Å². The molecule has 0 radical (unpaired) electrons. The van der Waals surface area contributed by atoms with Crippen molar-refractivity contribution in [3.8, 4) is 5.75 Å². The van der Waals surface area contributed by atoms with Crippen LogP contribution in [0.2, 0.25) is 5.02 Å². The first-order valence-electron chi connectivity index (χ1n) is 5.52. The lowest BCUT2D eigenvalue weighted by molar-refractivity contribution is -0.152. The van der Waals surface area contributed by atoms with Crippen LogP contribution in [-0.2, 0) is 16.1 Å². The molecule has 0 saturated carbocycles. The van der Waals surface area contributed by atoms with Crippen molar-refractivity contribution in [3.63, 3.8) is 0 Å². The van der Waals surface area contributed by atoms with Crippen molar-refractivity contribution in [2.75, 3.05) is 13.7 Å². The zero-order valence-electron chi connectivity index (χ0n) is 10.7. The summed E-state index contributed by atoms with van der Waals surface area (Å²) in [4.78, 5) is 11.5. The monoisotopic (exact) mass is 272 g/mol. The van der Waals surface area contributed by atoms with E-state index in [4.69, 9.17) is 16.3 Å². The maximum atomic E-state index is 11.5. The summed E-state index contributed by atoms with van der Waals surface area (Å²) in [5, 5.41) is 9.60. The van der Waals surface area contributed by atoms with E-state index in [1.54, 1.807) is 32.0 Å². The molecule has 0 fully saturated rings. The van der Waals surface area contributed by atoms with E-state index in [0.29, 0.717) is 16.3 Å². The Hall–Kier alpha value is -1.26. The maximum Gasteiger partial charge on any atom is 0.314 e. The number of hydrogen-bond donors (Lipinski definition) is 1. The second-order valence-electron chi connectivity index (χ2n) is 4.55. The van der Waals surface area contributed by atoms with Crippen LogP contribution >= 0.6 is 11.6 Å². The maximum absolute atomic E-state index is 11.5. The number of esters is 1. The highest BCUT2D eigenvalue weighted by atomic mass is 35.5. The number of para-hydroxylation sites is 1. The first-order valence-corrected chi connectivity index (χ1v) is 5.89. The molecule has 100 valence electrons. The van der Waals surface area contributed by atoms with Crippen LogP contribution in [0.4, 0.5) is 0 Å². The molecule has 0 aliphatic heterocycles. The lowest BCUT2D eigenvalue weighted by Gasteiger charge is -2.22. The fourth-order valence-electron chi connectivity index (χ4n) is 1.43. The first-order chi connectivity index (χ1) is 8.42. The molecule has 1 aromatic rings. The smallest absolute Gasteiger partial charge is 0.314 e. The minimum atomic E-state index is -0.777. The molecule has 0 aromatic heterocycles. The summed E-state index contributed by atoms with van der Waals surface area (Å²) >= 11 is 6.00. The van der Waals surface area contributed by atoms with Crippen molar-refractivity contribution in [1.82, 2.24) is 0 Å². The van der Waals surface area contributed by atoms with Crippen molar-refractivity contribution < 1.29 is 19.4 Å². The summed E-state index contributed by atoms with van der Waals surface area (Å²) < 4.78 is 10.2. The van der Waals surface area contributed by atoms with E-state index >= 15 is 0 Å². The summed E-state index contributed by atoms with van der Waals surface area (Å²) in [6.45, 7) is 3.38. The fraction of sp³-hybridized carbons (Fsp3) is 0.462. The van der Waals surface area contributed by atoms with Crippen LogP contribution in [0.3, 0.4) is 0 Å². The van der Waals surface area contributed by atoms with Crippen LogP contribution in [0, 0.1) is 5.41 Å². The van der Waals surface area contributed by atoms with Gasteiger partial charge in [0.1, 0.15) is 12.4 Å². The standard InChI is InChI=1S/C13H17ClO4/c1-13(2,12(16)17-3)8-18-11-9(7-15)5-4-6-10(11)14/h4-6,15H,7-8H2,1-3H3. The van der Waals surface area contributed by atoms with Crippen LogP contribution < -0.4 is 4.74 Å². The van der Waals surface area contributed by atoms with Gasteiger partial charge in [0.05, 0.1) is 24.2 Å². The Morgan fingerprint density at radius 2 is 2.11 bits per heavy atom. The van der Waals surface area contributed by atoms with E-state index in [1.165, 1.54) is 7.11 Å². The van der Waals surface area contributed by atoms with Crippen LogP contribution in [0.25, 0.3) is 0 Å². The molecule has 1 rings (SSSR count). The number of carbonyl (C=O) groups is 1. The van der Waals surface area contributed by atoms with Crippen molar-refractivity contribution >= 4 is 17.6 Å². The van der Waals surface area contributed by atoms with Crippen molar-refractivity contribution in [2.45, 2.75) is 20.5 Å². The number of ether oxygens (including phenoxy) is 2. The quantitative estimate of drug-likeness (QED) is 0.837. The molecule has 0 aliphatic carbocycles. The highest BCUT2D eigenvalue weighted by Crippen LogP contribution is 2.30. The van der Waals surface area contributed by atoms with Gasteiger partial charge in [0.15, 0.2) is 0 Å². The van der Waals surface area contributed by atoms with Gasteiger partial charge in [-0.2, -0.15) is 0 Å². The normalized spacial score (nSPS) is 11.2. The molecule has 0 bridgehead atoms. The third-order valence-corrected chi connectivity index (χ3v) is 2.83. The molecule has 0 amide bonds. The zero-order chi connectivity index (χ0) is 13.8. The molecule has 1 N–H and O–H groups in total. The van der Waals surface area contributed by atoms with E-state index in [-0.39, 0.29) is 19.2 Å². The van der Waals surface area contributed by atoms with Gasteiger partial charge in [0, 0.05) is 5.56 Å². The Morgan fingerprint density at radius 3 is 2.67 bits per heavy atom. The van der Waals surface area contributed by atoms with Crippen molar-refractivity contribution in [3.05, 3.63) is 28.8 Å². The Balaban J connectivity index is 2.83.